The smallest absolute Gasteiger partial charge is 0.191 e. The predicted molar refractivity (Wildman–Crippen MR) is 124 cm³/mol. The minimum Gasteiger partial charge on any atom is -0.497 e. The standard InChI is InChI=1S/C19H28N4O3S.HI/c1-6-20-19(22-11-18-23-12(2)13(3)27-18)21-10-16(24)15-9-14(25-4)7-8-17(15)26-5;/h7-9,16,24H,6,10-11H2,1-5H3,(H2,20,21,22);1H. The van der Waals surface area contributed by atoms with Gasteiger partial charge in [0.25, 0.3) is 0 Å². The molecule has 28 heavy (non-hydrogen) atoms. The van der Waals surface area contributed by atoms with Crippen LogP contribution in [0.15, 0.2) is 23.2 Å². The molecule has 2 aromatic rings. The molecule has 0 aliphatic rings. The molecule has 1 unspecified atom stereocenters. The average molecular weight is 520 g/mol. The number of aromatic nitrogens is 1. The highest BCUT2D eigenvalue weighted by Gasteiger charge is 2.15. The molecular formula is C19H29IN4O3S. The van der Waals surface area contributed by atoms with E-state index in [1.165, 1.54) is 4.88 Å². The van der Waals surface area contributed by atoms with Crippen molar-refractivity contribution in [2.75, 3.05) is 27.3 Å². The van der Waals surface area contributed by atoms with E-state index in [4.69, 9.17) is 9.47 Å². The number of nitrogens with one attached hydrogen (secondary N) is 2. The van der Waals surface area contributed by atoms with Gasteiger partial charge in [0.1, 0.15) is 16.5 Å². The zero-order valence-corrected chi connectivity index (χ0v) is 20.1. The average Bonchev–Trinajstić information content (AvgIpc) is 3.00. The normalized spacial score (nSPS) is 12.1. The Bertz CT molecular complexity index is 763. The number of aryl methyl sites for hydroxylation is 2. The van der Waals surface area contributed by atoms with Gasteiger partial charge in [-0.25, -0.2) is 9.98 Å². The Morgan fingerprint density at radius 3 is 2.57 bits per heavy atom. The van der Waals surface area contributed by atoms with Crippen LogP contribution < -0.4 is 20.1 Å². The van der Waals surface area contributed by atoms with Crippen molar-refractivity contribution in [3.05, 3.63) is 39.3 Å². The van der Waals surface area contributed by atoms with Gasteiger partial charge in [0, 0.05) is 23.5 Å². The van der Waals surface area contributed by atoms with Gasteiger partial charge in [0.15, 0.2) is 5.96 Å². The van der Waals surface area contributed by atoms with Crippen molar-refractivity contribution < 1.29 is 14.6 Å². The van der Waals surface area contributed by atoms with E-state index in [1.807, 2.05) is 13.8 Å². The van der Waals surface area contributed by atoms with E-state index in [2.05, 4.69) is 27.5 Å². The fourth-order valence-electron chi connectivity index (χ4n) is 2.50. The van der Waals surface area contributed by atoms with Crippen molar-refractivity contribution in [3.63, 3.8) is 0 Å². The Labute approximate surface area is 187 Å². The summed E-state index contributed by atoms with van der Waals surface area (Å²) in [6, 6.07) is 5.35. The summed E-state index contributed by atoms with van der Waals surface area (Å²) in [7, 11) is 3.17. The monoisotopic (exact) mass is 520 g/mol. The second-order valence-corrected chi connectivity index (χ2v) is 7.24. The zero-order valence-electron chi connectivity index (χ0n) is 16.9. The van der Waals surface area contributed by atoms with E-state index in [0.717, 1.165) is 17.2 Å². The number of aliphatic imine (C=N–C) groups is 1. The van der Waals surface area contributed by atoms with Crippen LogP contribution in [0.5, 0.6) is 11.5 Å². The number of halogens is 1. The quantitative estimate of drug-likeness (QED) is 0.282. The van der Waals surface area contributed by atoms with Gasteiger partial charge in [-0.2, -0.15) is 0 Å². The first-order chi connectivity index (χ1) is 13.0. The first kappa shape index (κ1) is 24.4. The highest BCUT2D eigenvalue weighted by atomic mass is 127. The van der Waals surface area contributed by atoms with E-state index in [1.54, 1.807) is 43.8 Å². The third-order valence-electron chi connectivity index (χ3n) is 4.05. The van der Waals surface area contributed by atoms with E-state index >= 15 is 0 Å². The lowest BCUT2D eigenvalue weighted by molar-refractivity contribution is 0.176. The van der Waals surface area contributed by atoms with Crippen LogP contribution in [0.1, 0.15) is 34.2 Å². The molecule has 0 bridgehead atoms. The third-order valence-corrected chi connectivity index (χ3v) is 5.11. The Morgan fingerprint density at radius 2 is 2.00 bits per heavy atom. The number of aliphatic hydroxyl groups is 1. The molecule has 0 aliphatic carbocycles. The zero-order chi connectivity index (χ0) is 19.8. The van der Waals surface area contributed by atoms with E-state index in [9.17, 15) is 5.11 Å². The van der Waals surface area contributed by atoms with Crippen LogP contribution in [0.2, 0.25) is 0 Å². The van der Waals surface area contributed by atoms with Crippen molar-refractivity contribution >= 4 is 41.3 Å². The molecule has 3 N–H and O–H groups in total. The van der Waals surface area contributed by atoms with Crippen molar-refractivity contribution in [2.24, 2.45) is 4.99 Å². The van der Waals surface area contributed by atoms with Gasteiger partial charge in [-0.3, -0.25) is 0 Å². The van der Waals surface area contributed by atoms with Crippen LogP contribution in [0.25, 0.3) is 0 Å². The van der Waals surface area contributed by atoms with Crippen LogP contribution in [-0.4, -0.2) is 43.4 Å². The summed E-state index contributed by atoms with van der Waals surface area (Å²) in [4.78, 5) is 10.3. The minimum atomic E-state index is -0.775. The molecule has 0 amide bonds. The van der Waals surface area contributed by atoms with Crippen molar-refractivity contribution in [1.82, 2.24) is 15.6 Å². The summed E-state index contributed by atoms with van der Waals surface area (Å²) in [5, 5.41) is 17.9. The molecule has 9 heteroatoms. The van der Waals surface area contributed by atoms with Gasteiger partial charge in [0.2, 0.25) is 0 Å². The number of guanidine groups is 1. The maximum atomic E-state index is 10.6. The molecule has 0 fully saturated rings. The van der Waals surface area contributed by atoms with Crippen LogP contribution >= 0.6 is 35.3 Å². The lowest BCUT2D eigenvalue weighted by Gasteiger charge is -2.18. The van der Waals surface area contributed by atoms with Gasteiger partial charge >= 0.3 is 0 Å². The molecule has 0 spiro atoms. The lowest BCUT2D eigenvalue weighted by Crippen LogP contribution is -2.39. The number of nitrogens with zero attached hydrogens (tertiary/aromatic N) is 2. The molecule has 1 aromatic carbocycles. The predicted octanol–water partition coefficient (Wildman–Crippen LogP) is 3.18. The van der Waals surface area contributed by atoms with Crippen LogP contribution in [-0.2, 0) is 6.54 Å². The summed E-state index contributed by atoms with van der Waals surface area (Å²) in [5.41, 5.74) is 1.70. The topological polar surface area (TPSA) is 88.0 Å². The molecular weight excluding hydrogens is 491 g/mol. The first-order valence-electron chi connectivity index (χ1n) is 8.83. The summed E-state index contributed by atoms with van der Waals surface area (Å²) in [6.45, 7) is 7.55. The lowest BCUT2D eigenvalue weighted by atomic mass is 10.1. The molecule has 1 heterocycles. The maximum Gasteiger partial charge on any atom is 0.191 e. The van der Waals surface area contributed by atoms with Gasteiger partial charge < -0.3 is 25.2 Å². The number of hydrogen-bond acceptors (Lipinski definition) is 6. The molecule has 1 aromatic heterocycles. The second kappa shape index (κ2) is 12.1. The number of thiazole rings is 1. The summed E-state index contributed by atoms with van der Waals surface area (Å²) < 4.78 is 10.6. The fourth-order valence-corrected chi connectivity index (χ4v) is 3.36. The van der Waals surface area contributed by atoms with Gasteiger partial charge in [-0.1, -0.05) is 0 Å². The molecule has 0 saturated heterocycles. The molecule has 0 aliphatic heterocycles. The first-order valence-corrected chi connectivity index (χ1v) is 9.65. The Kier molecular flexibility index (Phi) is 10.5. The van der Waals surface area contributed by atoms with E-state index in [-0.39, 0.29) is 30.5 Å². The third kappa shape index (κ3) is 6.78. The second-order valence-electron chi connectivity index (χ2n) is 5.95. The number of methoxy groups -OCH3 is 2. The van der Waals surface area contributed by atoms with Gasteiger partial charge in [-0.15, -0.1) is 35.3 Å². The molecule has 156 valence electrons. The summed E-state index contributed by atoms with van der Waals surface area (Å²) in [5.74, 6) is 1.91. The fraction of sp³-hybridized carbons (Fsp3) is 0.474. The van der Waals surface area contributed by atoms with Gasteiger partial charge in [-0.05, 0) is 39.0 Å². The van der Waals surface area contributed by atoms with Crippen LogP contribution in [0, 0.1) is 13.8 Å². The highest BCUT2D eigenvalue weighted by molar-refractivity contribution is 14.0. The Morgan fingerprint density at radius 1 is 1.25 bits per heavy atom. The maximum absolute atomic E-state index is 10.6. The minimum absolute atomic E-state index is 0. The van der Waals surface area contributed by atoms with E-state index in [0.29, 0.717) is 29.6 Å². The molecule has 0 saturated carbocycles. The Hall–Kier alpha value is -1.59. The summed E-state index contributed by atoms with van der Waals surface area (Å²) in [6.07, 6.45) is -0.775. The van der Waals surface area contributed by atoms with Crippen LogP contribution in [0.3, 0.4) is 0 Å². The molecule has 0 radical (unpaired) electrons. The largest absolute Gasteiger partial charge is 0.497 e. The van der Waals surface area contributed by atoms with E-state index < -0.39 is 6.10 Å². The van der Waals surface area contributed by atoms with Crippen molar-refractivity contribution in [1.29, 1.82) is 0 Å². The van der Waals surface area contributed by atoms with Gasteiger partial charge in [0.05, 0.1) is 32.6 Å². The number of ether oxygens (including phenoxy) is 2. The molecule has 7 nitrogen and oxygen atoms in total. The summed E-state index contributed by atoms with van der Waals surface area (Å²) >= 11 is 1.65. The number of aliphatic hydroxyl groups excluding tert-OH is 1. The van der Waals surface area contributed by atoms with Crippen molar-refractivity contribution in [3.8, 4) is 11.5 Å². The highest BCUT2D eigenvalue weighted by Crippen LogP contribution is 2.29. The number of rotatable bonds is 8. The van der Waals surface area contributed by atoms with Crippen LogP contribution in [0.4, 0.5) is 0 Å². The molecule has 1 atom stereocenters. The Balaban J connectivity index is 0.00000392. The molecule has 2 rings (SSSR count). The SMILES string of the molecule is CCNC(=NCc1nc(C)c(C)s1)NCC(O)c1cc(OC)ccc1OC.I. The van der Waals surface area contributed by atoms with Crippen molar-refractivity contribution in [2.45, 2.75) is 33.4 Å². The number of benzene rings is 1. The number of hydrogen-bond donors (Lipinski definition) is 3.